The summed E-state index contributed by atoms with van der Waals surface area (Å²) in [6, 6.07) is 1.94. The summed E-state index contributed by atoms with van der Waals surface area (Å²) in [5, 5.41) is 9.70. The van der Waals surface area contributed by atoms with Gasteiger partial charge in [0.1, 0.15) is 12.1 Å². The third-order valence-electron chi connectivity index (χ3n) is 5.52. The highest BCUT2D eigenvalue weighted by atomic mass is 32.2. The van der Waals surface area contributed by atoms with Crippen LogP contribution in [0.5, 0.6) is 0 Å². The summed E-state index contributed by atoms with van der Waals surface area (Å²) in [6.45, 7) is 4.24. The molecule has 15 heteroatoms. The molecule has 204 valence electrons. The van der Waals surface area contributed by atoms with Crippen molar-refractivity contribution in [2.24, 2.45) is 0 Å². The largest absolute Gasteiger partial charge is 0.464 e. The van der Waals surface area contributed by atoms with Crippen molar-refractivity contribution < 1.29 is 46.1 Å². The summed E-state index contributed by atoms with van der Waals surface area (Å²) in [6.07, 6.45) is -0.631. The zero-order valence-corrected chi connectivity index (χ0v) is 21.4. The number of halogens is 1. The maximum absolute atomic E-state index is 13.8. The van der Waals surface area contributed by atoms with Crippen LogP contribution in [0, 0.1) is 19.7 Å². The van der Waals surface area contributed by atoms with Crippen LogP contribution in [-0.4, -0.2) is 87.5 Å². The Balaban J connectivity index is 1.68. The van der Waals surface area contributed by atoms with E-state index in [1.165, 1.54) is 19.9 Å². The number of hydrogen-bond acceptors (Lipinski definition) is 9. The monoisotopic (exact) mass is 544 g/mol. The van der Waals surface area contributed by atoms with Crippen LogP contribution in [0.4, 0.5) is 20.9 Å². The molecule has 0 bridgehead atoms. The predicted octanol–water partition coefficient (Wildman–Crippen LogP) is 1.98. The highest BCUT2D eigenvalue weighted by Gasteiger charge is 2.31. The number of rotatable bonds is 10. The topological polar surface area (TPSA) is 161 Å². The first-order valence-corrected chi connectivity index (χ1v) is 12.7. The molecule has 13 nitrogen and oxygen atoms in total. The number of amides is 2. The maximum Gasteiger partial charge on any atom is 0.420 e. The van der Waals surface area contributed by atoms with Gasteiger partial charge in [0.2, 0.25) is 0 Å². The molecule has 1 unspecified atom stereocenters. The maximum atomic E-state index is 13.8. The Morgan fingerprint density at radius 3 is 2.73 bits per heavy atom. The Kier molecular flexibility index (Phi) is 9.56. The smallest absolute Gasteiger partial charge is 0.420 e. The van der Waals surface area contributed by atoms with E-state index in [2.05, 4.69) is 4.98 Å². The number of methoxy groups -OCH3 is 1. The summed E-state index contributed by atoms with van der Waals surface area (Å²) in [7, 11) is -2.71. The second-order valence-electron chi connectivity index (χ2n) is 8.21. The van der Waals surface area contributed by atoms with Crippen molar-refractivity contribution in [2.45, 2.75) is 26.4 Å². The van der Waals surface area contributed by atoms with Crippen molar-refractivity contribution in [1.29, 1.82) is 0 Å². The number of aromatic nitrogens is 1. The van der Waals surface area contributed by atoms with E-state index in [1.807, 2.05) is 4.72 Å². The molecule has 2 amide bonds. The lowest BCUT2D eigenvalue weighted by Crippen LogP contribution is -2.44. The third kappa shape index (κ3) is 7.23. The lowest BCUT2D eigenvalue weighted by Gasteiger charge is -2.19. The molecule has 1 aliphatic rings. The van der Waals surface area contributed by atoms with Crippen LogP contribution in [-0.2, 0) is 24.4 Å². The number of oxazole rings is 1. The molecule has 1 aromatic carbocycles. The molecule has 2 N–H and O–H groups in total. The van der Waals surface area contributed by atoms with Crippen molar-refractivity contribution in [3.05, 3.63) is 41.0 Å². The highest BCUT2D eigenvalue weighted by Crippen LogP contribution is 2.30. The number of hydrogen-bond donors (Lipinski definition) is 2. The van der Waals surface area contributed by atoms with Gasteiger partial charge in [0.25, 0.3) is 5.91 Å². The van der Waals surface area contributed by atoms with E-state index in [4.69, 9.17) is 18.6 Å². The SMILES string of the molecule is COCCOCC1CCN(S(=O)(=O)NC(=O)c2coc(N(C(=O)O)c3cc(C)c(F)cc3C)n2)CCO1. The predicted molar refractivity (Wildman–Crippen MR) is 128 cm³/mol. The number of anilines is 2. The summed E-state index contributed by atoms with van der Waals surface area (Å²) < 4.78 is 63.5. The van der Waals surface area contributed by atoms with Crippen LogP contribution >= 0.6 is 0 Å². The van der Waals surface area contributed by atoms with Gasteiger partial charge in [0, 0.05) is 20.2 Å². The summed E-state index contributed by atoms with van der Waals surface area (Å²) in [4.78, 5) is 29.1. The van der Waals surface area contributed by atoms with Crippen molar-refractivity contribution in [3.63, 3.8) is 0 Å². The highest BCUT2D eigenvalue weighted by molar-refractivity contribution is 7.87. The van der Waals surface area contributed by atoms with Gasteiger partial charge in [0.05, 0.1) is 38.2 Å². The fourth-order valence-electron chi connectivity index (χ4n) is 3.53. The lowest BCUT2D eigenvalue weighted by atomic mass is 10.1. The summed E-state index contributed by atoms with van der Waals surface area (Å²) in [5.74, 6) is -1.63. The minimum Gasteiger partial charge on any atom is -0.464 e. The number of benzene rings is 1. The molecule has 0 radical (unpaired) electrons. The van der Waals surface area contributed by atoms with E-state index in [1.54, 1.807) is 7.11 Å². The van der Waals surface area contributed by atoms with Crippen LogP contribution < -0.4 is 9.62 Å². The van der Waals surface area contributed by atoms with Crippen molar-refractivity contribution >= 4 is 33.9 Å². The van der Waals surface area contributed by atoms with Crippen LogP contribution in [0.15, 0.2) is 22.8 Å². The fraction of sp³-hybridized carbons (Fsp3) is 0.500. The van der Waals surface area contributed by atoms with Gasteiger partial charge in [-0.05, 0) is 43.5 Å². The molecule has 0 spiro atoms. The van der Waals surface area contributed by atoms with Gasteiger partial charge in [-0.2, -0.15) is 22.6 Å². The molecule has 1 saturated heterocycles. The molecular formula is C22H29FN4O9S. The molecule has 37 heavy (non-hydrogen) atoms. The van der Waals surface area contributed by atoms with Gasteiger partial charge in [-0.1, -0.05) is 0 Å². The molecule has 2 heterocycles. The third-order valence-corrected chi connectivity index (χ3v) is 7.01. The van der Waals surface area contributed by atoms with Crippen molar-refractivity contribution in [3.8, 4) is 0 Å². The summed E-state index contributed by atoms with van der Waals surface area (Å²) >= 11 is 0. The minimum absolute atomic E-state index is 0.0111. The quantitative estimate of drug-likeness (QED) is 0.423. The number of ether oxygens (including phenoxy) is 3. The van der Waals surface area contributed by atoms with E-state index < -0.39 is 39.7 Å². The first-order chi connectivity index (χ1) is 17.5. The first kappa shape index (κ1) is 28.5. The average molecular weight is 545 g/mol. The average Bonchev–Trinajstić information content (AvgIpc) is 3.18. The standard InChI is InChI=1S/C22H29FN4O9S/c1-14-11-19(15(2)10-17(14)23)27(22(29)30)21-24-18(13-36-21)20(28)25-37(31,32)26-5-4-16(35-7-6-26)12-34-9-8-33-3/h10-11,13,16H,4-9,12H2,1-3H3,(H,25,28)(H,29,30). The molecule has 1 fully saturated rings. The molecule has 0 saturated carbocycles. The minimum atomic E-state index is -4.26. The molecule has 1 aliphatic heterocycles. The second kappa shape index (κ2) is 12.4. The molecule has 0 aliphatic carbocycles. The van der Waals surface area contributed by atoms with Crippen LogP contribution in [0.2, 0.25) is 0 Å². The Labute approximate surface area is 213 Å². The van der Waals surface area contributed by atoms with E-state index >= 15 is 0 Å². The number of carboxylic acid groups (broad SMARTS) is 1. The van der Waals surface area contributed by atoms with Crippen LogP contribution in [0.25, 0.3) is 0 Å². The van der Waals surface area contributed by atoms with Crippen LogP contribution in [0.1, 0.15) is 28.0 Å². The second-order valence-corrected chi connectivity index (χ2v) is 9.88. The van der Waals surface area contributed by atoms with Gasteiger partial charge in [-0.3, -0.25) is 4.79 Å². The first-order valence-electron chi connectivity index (χ1n) is 11.3. The van der Waals surface area contributed by atoms with Gasteiger partial charge >= 0.3 is 22.3 Å². The Hall–Kier alpha value is -3.11. The number of nitrogens with one attached hydrogen (secondary N) is 1. The van der Waals surface area contributed by atoms with E-state index in [0.29, 0.717) is 24.5 Å². The number of carbonyl (C=O) groups is 2. The number of carbonyl (C=O) groups excluding carboxylic acids is 1. The molecule has 2 aromatic rings. The zero-order chi connectivity index (χ0) is 27.2. The normalized spacial score (nSPS) is 16.8. The van der Waals surface area contributed by atoms with E-state index in [9.17, 15) is 27.5 Å². The molecule has 1 atom stereocenters. The molecule has 3 rings (SSSR count). The van der Waals surface area contributed by atoms with Crippen molar-refractivity contribution in [2.75, 3.05) is 51.5 Å². The van der Waals surface area contributed by atoms with Crippen molar-refractivity contribution in [1.82, 2.24) is 14.0 Å². The lowest BCUT2D eigenvalue weighted by molar-refractivity contribution is -0.0218. The summed E-state index contributed by atoms with van der Waals surface area (Å²) in [5.41, 5.74) is 0.0747. The van der Waals surface area contributed by atoms with E-state index in [0.717, 1.165) is 16.6 Å². The molecule has 1 aromatic heterocycles. The van der Waals surface area contributed by atoms with E-state index in [-0.39, 0.29) is 49.2 Å². The molecular weight excluding hydrogens is 515 g/mol. The van der Waals surface area contributed by atoms with Gasteiger partial charge < -0.3 is 23.7 Å². The fourth-order valence-corrected chi connectivity index (χ4v) is 4.66. The van der Waals surface area contributed by atoms with Gasteiger partial charge in [-0.15, -0.1) is 0 Å². The van der Waals surface area contributed by atoms with Crippen LogP contribution in [0.3, 0.4) is 0 Å². The Bertz CT molecular complexity index is 1220. The zero-order valence-electron chi connectivity index (χ0n) is 20.6. The number of aryl methyl sites for hydroxylation is 2. The van der Waals surface area contributed by atoms with Gasteiger partial charge in [-0.25, -0.2) is 13.9 Å². The Morgan fingerprint density at radius 2 is 2.03 bits per heavy atom. The van der Waals surface area contributed by atoms with Gasteiger partial charge in [0.15, 0.2) is 5.69 Å². The number of nitrogens with zero attached hydrogens (tertiary/aromatic N) is 3. The Morgan fingerprint density at radius 1 is 1.27 bits per heavy atom.